The molecule has 0 saturated heterocycles. The van der Waals surface area contributed by atoms with Crippen LogP contribution in [-0.2, 0) is 6.54 Å². The van der Waals surface area contributed by atoms with E-state index in [1.54, 1.807) is 6.20 Å². The van der Waals surface area contributed by atoms with Crippen molar-refractivity contribution in [2.45, 2.75) is 13.5 Å². The zero-order chi connectivity index (χ0) is 11.4. The Bertz CT molecular complexity index is 467. The molecule has 16 heavy (non-hydrogen) atoms. The van der Waals surface area contributed by atoms with E-state index in [4.69, 9.17) is 0 Å². The SMILES string of the molecule is CCNCc1cnnn1-c1ccccc1Br. The number of halogens is 1. The molecule has 0 radical (unpaired) electrons. The largest absolute Gasteiger partial charge is 0.311 e. The maximum Gasteiger partial charge on any atom is 0.0809 e. The molecular formula is C11H13BrN4. The minimum Gasteiger partial charge on any atom is -0.311 e. The summed E-state index contributed by atoms with van der Waals surface area (Å²) in [6.45, 7) is 3.78. The van der Waals surface area contributed by atoms with E-state index in [0.717, 1.165) is 28.9 Å². The van der Waals surface area contributed by atoms with Crippen LogP contribution < -0.4 is 5.32 Å². The minimum atomic E-state index is 0.769. The topological polar surface area (TPSA) is 42.7 Å². The second kappa shape index (κ2) is 5.23. The van der Waals surface area contributed by atoms with Crippen LogP contribution in [0.4, 0.5) is 0 Å². The molecule has 1 N–H and O–H groups in total. The van der Waals surface area contributed by atoms with E-state index < -0.39 is 0 Å². The fourth-order valence-corrected chi connectivity index (χ4v) is 1.91. The minimum absolute atomic E-state index is 0.769. The summed E-state index contributed by atoms with van der Waals surface area (Å²) >= 11 is 3.51. The van der Waals surface area contributed by atoms with Crippen LogP contribution in [0.3, 0.4) is 0 Å². The Morgan fingerprint density at radius 1 is 1.38 bits per heavy atom. The van der Waals surface area contributed by atoms with E-state index >= 15 is 0 Å². The summed E-state index contributed by atoms with van der Waals surface area (Å²) in [5.41, 5.74) is 2.06. The zero-order valence-electron chi connectivity index (χ0n) is 9.02. The molecule has 4 nitrogen and oxygen atoms in total. The first kappa shape index (κ1) is 11.3. The number of hydrogen-bond acceptors (Lipinski definition) is 3. The fourth-order valence-electron chi connectivity index (χ4n) is 1.46. The van der Waals surface area contributed by atoms with Gasteiger partial charge >= 0.3 is 0 Å². The van der Waals surface area contributed by atoms with Crippen LogP contribution in [0.25, 0.3) is 5.69 Å². The van der Waals surface area contributed by atoms with Crippen molar-refractivity contribution in [1.29, 1.82) is 0 Å². The van der Waals surface area contributed by atoms with Gasteiger partial charge in [-0.2, -0.15) is 0 Å². The molecule has 1 heterocycles. The van der Waals surface area contributed by atoms with E-state index in [0.29, 0.717) is 0 Å². The highest BCUT2D eigenvalue weighted by molar-refractivity contribution is 9.10. The smallest absolute Gasteiger partial charge is 0.0809 e. The normalized spacial score (nSPS) is 10.6. The van der Waals surface area contributed by atoms with Gasteiger partial charge in [0.15, 0.2) is 0 Å². The zero-order valence-corrected chi connectivity index (χ0v) is 10.6. The van der Waals surface area contributed by atoms with Gasteiger partial charge in [0.2, 0.25) is 0 Å². The molecule has 1 aromatic carbocycles. The molecule has 0 bridgehead atoms. The van der Waals surface area contributed by atoms with Crippen LogP contribution in [0.5, 0.6) is 0 Å². The van der Waals surface area contributed by atoms with Crippen LogP contribution in [0.15, 0.2) is 34.9 Å². The summed E-state index contributed by atoms with van der Waals surface area (Å²) in [6, 6.07) is 7.97. The summed E-state index contributed by atoms with van der Waals surface area (Å²) in [7, 11) is 0. The van der Waals surface area contributed by atoms with E-state index in [1.807, 2.05) is 28.9 Å². The average molecular weight is 281 g/mol. The Morgan fingerprint density at radius 2 is 2.19 bits per heavy atom. The van der Waals surface area contributed by atoms with Gasteiger partial charge in [-0.05, 0) is 34.6 Å². The molecule has 0 aliphatic carbocycles. The summed E-state index contributed by atoms with van der Waals surface area (Å²) < 4.78 is 2.85. The van der Waals surface area contributed by atoms with Crippen molar-refractivity contribution in [3.05, 3.63) is 40.6 Å². The van der Waals surface area contributed by atoms with Gasteiger partial charge in [0.25, 0.3) is 0 Å². The number of rotatable bonds is 4. The highest BCUT2D eigenvalue weighted by atomic mass is 79.9. The highest BCUT2D eigenvalue weighted by Crippen LogP contribution is 2.20. The molecule has 0 unspecified atom stereocenters. The van der Waals surface area contributed by atoms with Gasteiger partial charge in [0.1, 0.15) is 0 Å². The molecule has 0 fully saturated rings. The molecule has 0 aliphatic rings. The lowest BCUT2D eigenvalue weighted by atomic mass is 10.3. The summed E-state index contributed by atoms with van der Waals surface area (Å²) in [5, 5.41) is 11.3. The average Bonchev–Trinajstić information content (AvgIpc) is 2.75. The summed E-state index contributed by atoms with van der Waals surface area (Å²) in [4.78, 5) is 0. The van der Waals surface area contributed by atoms with Crippen LogP contribution in [0, 0.1) is 0 Å². The molecule has 0 saturated carbocycles. The van der Waals surface area contributed by atoms with Gasteiger partial charge in [-0.3, -0.25) is 0 Å². The van der Waals surface area contributed by atoms with Crippen molar-refractivity contribution in [3.8, 4) is 5.69 Å². The third kappa shape index (κ3) is 2.31. The number of benzene rings is 1. The van der Waals surface area contributed by atoms with Gasteiger partial charge in [-0.15, -0.1) is 5.10 Å². The van der Waals surface area contributed by atoms with Crippen LogP contribution >= 0.6 is 15.9 Å². The Morgan fingerprint density at radius 3 is 2.94 bits per heavy atom. The van der Waals surface area contributed by atoms with Crippen molar-refractivity contribution >= 4 is 15.9 Å². The van der Waals surface area contributed by atoms with Crippen molar-refractivity contribution in [2.24, 2.45) is 0 Å². The summed E-state index contributed by atoms with van der Waals surface area (Å²) in [6.07, 6.45) is 1.78. The Labute approximate surface area is 103 Å². The van der Waals surface area contributed by atoms with Crippen molar-refractivity contribution in [3.63, 3.8) is 0 Å². The van der Waals surface area contributed by atoms with Crippen LogP contribution in [0.1, 0.15) is 12.6 Å². The van der Waals surface area contributed by atoms with Crippen molar-refractivity contribution in [2.75, 3.05) is 6.54 Å². The van der Waals surface area contributed by atoms with E-state index in [1.165, 1.54) is 0 Å². The number of hydrogen-bond donors (Lipinski definition) is 1. The quantitative estimate of drug-likeness (QED) is 0.933. The molecule has 5 heteroatoms. The first-order valence-corrected chi connectivity index (χ1v) is 5.97. The number of nitrogens with zero attached hydrogens (tertiary/aromatic N) is 3. The van der Waals surface area contributed by atoms with Crippen LogP contribution in [-0.4, -0.2) is 21.5 Å². The van der Waals surface area contributed by atoms with Crippen LogP contribution in [0.2, 0.25) is 0 Å². The second-order valence-corrected chi connectivity index (χ2v) is 4.22. The Kier molecular flexibility index (Phi) is 3.69. The molecule has 2 rings (SSSR count). The van der Waals surface area contributed by atoms with Gasteiger partial charge < -0.3 is 5.32 Å². The second-order valence-electron chi connectivity index (χ2n) is 3.37. The maximum absolute atomic E-state index is 4.10. The molecule has 0 atom stereocenters. The van der Waals surface area contributed by atoms with Gasteiger partial charge in [0.05, 0.1) is 17.6 Å². The first-order valence-electron chi connectivity index (χ1n) is 5.18. The van der Waals surface area contributed by atoms with Gasteiger partial charge in [0, 0.05) is 11.0 Å². The monoisotopic (exact) mass is 280 g/mol. The molecule has 0 aliphatic heterocycles. The van der Waals surface area contributed by atoms with Crippen molar-refractivity contribution < 1.29 is 0 Å². The van der Waals surface area contributed by atoms with E-state index in [2.05, 4.69) is 38.5 Å². The lowest BCUT2D eigenvalue weighted by Gasteiger charge is -2.07. The predicted molar refractivity (Wildman–Crippen MR) is 66.4 cm³/mol. The van der Waals surface area contributed by atoms with E-state index in [-0.39, 0.29) is 0 Å². The van der Waals surface area contributed by atoms with Gasteiger partial charge in [-0.25, -0.2) is 4.68 Å². The predicted octanol–water partition coefficient (Wildman–Crippen LogP) is 2.14. The number of para-hydroxylation sites is 1. The highest BCUT2D eigenvalue weighted by Gasteiger charge is 2.07. The molecular weight excluding hydrogens is 268 g/mol. The lowest BCUT2D eigenvalue weighted by molar-refractivity contribution is 0.671. The molecule has 0 spiro atoms. The Balaban J connectivity index is 2.33. The molecule has 2 aromatic rings. The third-order valence-corrected chi connectivity index (χ3v) is 2.93. The number of nitrogens with one attached hydrogen (secondary N) is 1. The Hall–Kier alpha value is -1.20. The summed E-state index contributed by atoms with van der Waals surface area (Å²) in [5.74, 6) is 0. The fraction of sp³-hybridized carbons (Fsp3) is 0.273. The molecule has 1 aromatic heterocycles. The third-order valence-electron chi connectivity index (χ3n) is 2.26. The molecule has 84 valence electrons. The number of aromatic nitrogens is 3. The maximum atomic E-state index is 4.10. The lowest BCUT2D eigenvalue weighted by Crippen LogP contribution is -2.15. The standard InChI is InChI=1S/C11H13BrN4/c1-2-13-7-9-8-14-15-16(9)11-6-4-3-5-10(11)12/h3-6,8,13H,2,7H2,1H3. The van der Waals surface area contributed by atoms with Gasteiger partial charge in [-0.1, -0.05) is 24.3 Å². The first-order chi connectivity index (χ1) is 7.83. The van der Waals surface area contributed by atoms with Crippen molar-refractivity contribution in [1.82, 2.24) is 20.3 Å². The molecule has 0 amide bonds. The van der Waals surface area contributed by atoms with E-state index in [9.17, 15) is 0 Å².